The van der Waals surface area contributed by atoms with Gasteiger partial charge in [0.15, 0.2) is 0 Å². The lowest BCUT2D eigenvalue weighted by atomic mass is 10.0. The first-order valence-electron chi connectivity index (χ1n) is 13.0. The zero-order chi connectivity index (χ0) is 29.3. The first-order chi connectivity index (χ1) is 19.0. The van der Waals surface area contributed by atoms with Crippen LogP contribution in [0.5, 0.6) is 5.75 Å². The fourth-order valence-corrected chi connectivity index (χ4v) is 5.14. The van der Waals surface area contributed by atoms with Crippen molar-refractivity contribution in [1.29, 1.82) is 0 Å². The number of rotatable bonds is 13. The molecule has 0 aromatic heterocycles. The lowest BCUT2D eigenvalue weighted by Crippen LogP contribution is -2.53. The van der Waals surface area contributed by atoms with Crippen LogP contribution in [0.2, 0.25) is 0 Å². The molecule has 2 amide bonds. The van der Waals surface area contributed by atoms with E-state index >= 15 is 0 Å². The average Bonchev–Trinajstić information content (AvgIpc) is 2.93. The Morgan fingerprint density at radius 3 is 2.27 bits per heavy atom. The molecule has 10 heteroatoms. The van der Waals surface area contributed by atoms with Gasteiger partial charge >= 0.3 is 0 Å². The molecule has 0 aliphatic carbocycles. The molecule has 0 heterocycles. The van der Waals surface area contributed by atoms with Gasteiger partial charge in [0.05, 0.1) is 19.1 Å². The van der Waals surface area contributed by atoms with E-state index in [2.05, 4.69) is 5.32 Å². The van der Waals surface area contributed by atoms with Crippen molar-refractivity contribution in [2.24, 2.45) is 0 Å². The van der Waals surface area contributed by atoms with Crippen molar-refractivity contribution in [2.45, 2.75) is 39.3 Å². The highest BCUT2D eigenvalue weighted by Gasteiger charge is 2.33. The normalized spacial score (nSPS) is 11.9. The van der Waals surface area contributed by atoms with Gasteiger partial charge in [-0.15, -0.1) is 0 Å². The van der Waals surface area contributed by atoms with Gasteiger partial charge in [-0.1, -0.05) is 55.5 Å². The van der Waals surface area contributed by atoms with Crippen molar-refractivity contribution in [3.8, 4) is 5.75 Å². The molecular formula is C30H36FN3O5S. The Labute approximate surface area is 235 Å². The number of nitrogens with one attached hydrogen (secondary N) is 1. The summed E-state index contributed by atoms with van der Waals surface area (Å²) >= 11 is 0. The van der Waals surface area contributed by atoms with Gasteiger partial charge in [-0.05, 0) is 54.3 Å². The number of halogens is 1. The highest BCUT2D eigenvalue weighted by atomic mass is 32.2. The fourth-order valence-electron chi connectivity index (χ4n) is 4.30. The first kappa shape index (κ1) is 30.6. The molecule has 0 unspecified atom stereocenters. The summed E-state index contributed by atoms with van der Waals surface area (Å²) < 4.78 is 46.0. The summed E-state index contributed by atoms with van der Waals surface area (Å²) in [5, 5.41) is 2.88. The van der Waals surface area contributed by atoms with Crippen LogP contribution in [0.25, 0.3) is 0 Å². The van der Waals surface area contributed by atoms with Crippen LogP contribution >= 0.6 is 0 Å². The maximum Gasteiger partial charge on any atom is 0.244 e. The van der Waals surface area contributed by atoms with E-state index < -0.39 is 34.3 Å². The van der Waals surface area contributed by atoms with Crippen molar-refractivity contribution in [2.75, 3.05) is 30.8 Å². The van der Waals surface area contributed by atoms with Gasteiger partial charge in [-0.25, -0.2) is 12.8 Å². The van der Waals surface area contributed by atoms with E-state index in [4.69, 9.17) is 4.74 Å². The van der Waals surface area contributed by atoms with Gasteiger partial charge in [0, 0.05) is 19.5 Å². The van der Waals surface area contributed by atoms with Crippen molar-refractivity contribution >= 4 is 27.5 Å². The van der Waals surface area contributed by atoms with Crippen LogP contribution < -0.4 is 14.4 Å². The average molecular weight is 570 g/mol. The Balaban J connectivity index is 2.08. The van der Waals surface area contributed by atoms with E-state index in [0.29, 0.717) is 18.5 Å². The summed E-state index contributed by atoms with van der Waals surface area (Å²) in [6.07, 6.45) is 1.92. The van der Waals surface area contributed by atoms with Crippen molar-refractivity contribution in [1.82, 2.24) is 10.2 Å². The minimum absolute atomic E-state index is 0.0291. The smallest absolute Gasteiger partial charge is 0.244 e. The number of carbonyl (C=O) groups excluding carboxylic acids is 2. The Hall–Kier alpha value is -3.92. The van der Waals surface area contributed by atoms with Crippen molar-refractivity contribution < 1.29 is 27.1 Å². The van der Waals surface area contributed by atoms with Crippen molar-refractivity contribution in [3.63, 3.8) is 0 Å². The minimum atomic E-state index is -3.94. The Morgan fingerprint density at radius 1 is 1.00 bits per heavy atom. The number of sulfonamides is 1. The lowest BCUT2D eigenvalue weighted by Gasteiger charge is -2.33. The molecule has 3 rings (SSSR count). The second-order valence-electron chi connectivity index (χ2n) is 9.59. The highest BCUT2D eigenvalue weighted by Crippen LogP contribution is 2.31. The molecule has 1 N–H and O–H groups in total. The van der Waals surface area contributed by atoms with Crippen LogP contribution in [-0.2, 0) is 32.6 Å². The van der Waals surface area contributed by atoms with Crippen molar-refractivity contribution in [3.05, 3.63) is 95.3 Å². The first-order valence-corrected chi connectivity index (χ1v) is 14.9. The van der Waals surface area contributed by atoms with Crippen LogP contribution in [0.4, 0.5) is 10.1 Å². The van der Waals surface area contributed by atoms with Crippen LogP contribution in [0.15, 0.2) is 72.8 Å². The summed E-state index contributed by atoms with van der Waals surface area (Å²) in [4.78, 5) is 28.9. The topological polar surface area (TPSA) is 96.0 Å². The van der Waals surface area contributed by atoms with E-state index in [1.54, 1.807) is 25.1 Å². The standard InChI is InChI=1S/C30H36FN3O5S/c1-5-17-32-30(36)27(19-23-9-7-6-8-10-23)33(20-24-12-14-25(31)15-13-24)29(35)21-34(40(4,37)38)26-18-22(2)11-16-28(26)39-3/h6-16,18,27H,5,17,19-21H2,1-4H3,(H,32,36)/t27-/m1/s1. The van der Waals surface area contributed by atoms with Gasteiger partial charge in [0.1, 0.15) is 24.2 Å². The predicted octanol–water partition coefficient (Wildman–Crippen LogP) is 4.08. The molecule has 214 valence electrons. The number of hydrogen-bond acceptors (Lipinski definition) is 5. The Morgan fingerprint density at radius 2 is 1.68 bits per heavy atom. The molecule has 0 bridgehead atoms. The number of anilines is 1. The molecule has 0 saturated heterocycles. The molecule has 3 aromatic rings. The van der Waals surface area contributed by atoms with Gasteiger partial charge in [0.25, 0.3) is 0 Å². The van der Waals surface area contributed by atoms with Crippen LogP contribution in [0.1, 0.15) is 30.0 Å². The third-order valence-electron chi connectivity index (χ3n) is 6.37. The number of carbonyl (C=O) groups is 2. The molecule has 0 spiro atoms. The quantitative estimate of drug-likeness (QED) is 0.335. The molecule has 0 fully saturated rings. The summed E-state index contributed by atoms with van der Waals surface area (Å²) in [5.41, 5.74) is 2.42. The number of hydrogen-bond donors (Lipinski definition) is 1. The molecule has 0 saturated carbocycles. The third kappa shape index (κ3) is 8.29. The molecule has 3 aromatic carbocycles. The van der Waals surface area contributed by atoms with E-state index in [0.717, 1.165) is 21.7 Å². The van der Waals surface area contributed by atoms with E-state index in [1.165, 1.54) is 36.3 Å². The van der Waals surface area contributed by atoms with Gasteiger partial charge in [0.2, 0.25) is 21.8 Å². The van der Waals surface area contributed by atoms with E-state index in [1.807, 2.05) is 37.3 Å². The van der Waals surface area contributed by atoms with Gasteiger partial charge in [-0.2, -0.15) is 0 Å². The zero-order valence-electron chi connectivity index (χ0n) is 23.3. The highest BCUT2D eigenvalue weighted by molar-refractivity contribution is 7.92. The third-order valence-corrected chi connectivity index (χ3v) is 7.50. The SMILES string of the molecule is CCCNC(=O)[C@@H](Cc1ccccc1)N(Cc1ccc(F)cc1)C(=O)CN(c1cc(C)ccc1OC)S(C)(=O)=O. The molecule has 0 aliphatic rings. The van der Waals surface area contributed by atoms with Crippen LogP contribution in [0, 0.1) is 12.7 Å². The summed E-state index contributed by atoms with van der Waals surface area (Å²) in [6, 6.07) is 19.0. The molecule has 8 nitrogen and oxygen atoms in total. The second-order valence-corrected chi connectivity index (χ2v) is 11.5. The van der Waals surface area contributed by atoms with Crippen LogP contribution in [-0.4, -0.2) is 57.6 Å². The van der Waals surface area contributed by atoms with Gasteiger partial charge < -0.3 is 15.0 Å². The minimum Gasteiger partial charge on any atom is -0.495 e. The molecule has 40 heavy (non-hydrogen) atoms. The zero-order valence-corrected chi connectivity index (χ0v) is 24.1. The maximum absolute atomic E-state index is 14.1. The number of nitrogens with zero attached hydrogens (tertiary/aromatic N) is 2. The number of methoxy groups -OCH3 is 1. The number of amides is 2. The largest absolute Gasteiger partial charge is 0.495 e. The lowest BCUT2D eigenvalue weighted by molar-refractivity contribution is -0.140. The molecule has 0 aliphatic heterocycles. The Bertz CT molecular complexity index is 1400. The number of ether oxygens (including phenoxy) is 1. The maximum atomic E-state index is 14.1. The molecule has 1 atom stereocenters. The molecule has 0 radical (unpaired) electrons. The van der Waals surface area contributed by atoms with Gasteiger partial charge in [-0.3, -0.25) is 13.9 Å². The summed E-state index contributed by atoms with van der Waals surface area (Å²) in [5.74, 6) is -1.10. The summed E-state index contributed by atoms with van der Waals surface area (Å²) in [6.45, 7) is 3.55. The summed E-state index contributed by atoms with van der Waals surface area (Å²) in [7, 11) is -2.52. The number of benzene rings is 3. The predicted molar refractivity (Wildman–Crippen MR) is 154 cm³/mol. The van der Waals surface area contributed by atoms with E-state index in [9.17, 15) is 22.4 Å². The monoisotopic (exact) mass is 569 g/mol. The number of aryl methyl sites for hydroxylation is 1. The van der Waals surface area contributed by atoms with Crippen LogP contribution in [0.3, 0.4) is 0 Å². The van der Waals surface area contributed by atoms with E-state index in [-0.39, 0.29) is 30.3 Å². The fraction of sp³-hybridized carbons (Fsp3) is 0.333. The Kier molecular flexibility index (Phi) is 10.7. The second kappa shape index (κ2) is 13.9. The molecular weight excluding hydrogens is 533 g/mol.